The summed E-state index contributed by atoms with van der Waals surface area (Å²) >= 11 is 4.00. The zero-order valence-corrected chi connectivity index (χ0v) is 81.8. The summed E-state index contributed by atoms with van der Waals surface area (Å²) in [7, 11) is -1.90. The molecule has 7 aliphatic rings. The number of carbonyl (C=O) groups excluding carboxylic acids is 6. The molecule has 8 aromatic rings. The lowest BCUT2D eigenvalue weighted by Gasteiger charge is -2.34. The molecule has 3 aliphatic carbocycles. The number of nitrogens with one attached hydrogen (secondary N) is 6. The number of hydrogen-bond acceptors (Lipinski definition) is 28. The third kappa shape index (κ3) is 23.9. The van der Waals surface area contributed by atoms with Gasteiger partial charge in [0.2, 0.25) is 23.6 Å². The lowest BCUT2D eigenvalue weighted by atomic mass is 9.85. The van der Waals surface area contributed by atoms with E-state index in [1.165, 1.54) is 63.1 Å². The maximum Gasteiger partial charge on any atom is 0.408 e. The zero-order chi connectivity index (χ0) is 96.4. The quantitative estimate of drug-likeness (QED) is 0.0222. The Morgan fingerprint density at radius 3 is 1.49 bits per heavy atom. The molecule has 12 atom stereocenters. The van der Waals surface area contributed by atoms with Crippen molar-refractivity contribution in [3.05, 3.63) is 126 Å². The standard InChI is InChI=1S/C48H61N7O10S3.C47H60N8O10S2/c1-29(2)49-46-51-38(28-67-46)37-24-40(34-20-19-32(63-4)22-36(34)50-37)64-33-23-39-43(56)53-48(45(58)59)25-31(48)16-11-6-5-7-12-17-35(44(57)55(39)26-33)52-47(60)65-41(30-14-9-8-10-15-30)27-54(3)68(61,62)42-18-13-21-66-42;1-28(2)49-44-51-36(27-66-44)35-23-38(32-19-18-30(63-7)21-34(32)50-35)64-31-22-37-41(56)53-47(43(58)59)24-29(47)15-11-9-8-10-12-16-33(42(57)55(37)25-31)52-45(60)65-39(46(3,4)5)26-54(6)67(61,62)40-17-13-14-20-48-40/h11,13,16,18-22,24,28-31,33,35,39,41H,5-10,12,14-15,17,23,25-27H2,1-4H3,(H,49,51)(H,52,60)(H,53,56)(H,58,59);11,13-15,17-21,23,27-29,31,33,37,39H,8-10,12,16,22,24-26H2,1-7H3,(H,49,51)(H,52,60)(H,53,56)(H,58,59)/b16-11-;15-11-/t31?,33-,35+,39+,41-,48-;29?,31-,33+,37+,39-,47-/m11/s1. The second-order valence-electron chi connectivity index (χ2n) is 37.4. The van der Waals surface area contributed by atoms with Crippen molar-refractivity contribution in [1.29, 1.82) is 0 Å². The number of alkyl carbamates (subject to hydrolysis) is 2. The molecule has 0 radical (unpaired) electrons. The van der Waals surface area contributed by atoms with Gasteiger partial charge in [-0.2, -0.15) is 8.61 Å². The summed E-state index contributed by atoms with van der Waals surface area (Å²) in [6.07, 6.45) is 14.5. The molecule has 6 amide bonds. The molecule has 726 valence electrons. The summed E-state index contributed by atoms with van der Waals surface area (Å²) in [6, 6.07) is 17.8. The maximum absolute atomic E-state index is 15.0. The highest BCUT2D eigenvalue weighted by molar-refractivity contribution is 7.91. The highest BCUT2D eigenvalue weighted by atomic mass is 32.2. The summed E-state index contributed by atoms with van der Waals surface area (Å²) < 4.78 is 93.0. The Balaban J connectivity index is 0.000000216. The van der Waals surface area contributed by atoms with Crippen LogP contribution in [0.2, 0.25) is 0 Å². The molecule has 0 bridgehead atoms. The third-order valence-corrected chi connectivity index (χ3v) is 32.2. The Morgan fingerprint density at radius 2 is 1.04 bits per heavy atom. The normalized spacial score (nSPS) is 24.2. The van der Waals surface area contributed by atoms with Crippen LogP contribution in [0.3, 0.4) is 0 Å². The third-order valence-electron chi connectivity index (χ3n) is 25.7. The predicted octanol–water partition coefficient (Wildman–Crippen LogP) is 13.7. The lowest BCUT2D eigenvalue weighted by Crippen LogP contribution is -2.56. The van der Waals surface area contributed by atoms with Gasteiger partial charge in [-0.05, 0) is 146 Å². The number of aromatic nitrogens is 5. The first-order valence-electron chi connectivity index (χ1n) is 46.1. The second-order valence-corrected chi connectivity index (χ2v) is 44.3. The molecule has 35 nitrogen and oxygen atoms in total. The minimum atomic E-state index is -4.04. The van der Waals surface area contributed by atoms with Crippen molar-refractivity contribution in [3.63, 3.8) is 0 Å². The Labute approximate surface area is 798 Å². The van der Waals surface area contributed by atoms with Gasteiger partial charge in [0, 0.05) is 108 Å². The van der Waals surface area contributed by atoms with Gasteiger partial charge >= 0.3 is 24.1 Å². The maximum atomic E-state index is 15.0. The van der Waals surface area contributed by atoms with Crippen LogP contribution in [0.5, 0.6) is 23.0 Å². The molecule has 6 aromatic heterocycles. The van der Waals surface area contributed by atoms with Crippen molar-refractivity contribution in [3.8, 4) is 45.8 Å². The molecular formula is C95H121N15O20S5. The number of sulfonamides is 2. The highest BCUT2D eigenvalue weighted by Crippen LogP contribution is 2.48. The van der Waals surface area contributed by atoms with E-state index in [9.17, 15) is 60.6 Å². The number of rotatable bonds is 27. The number of allylic oxidation sites excluding steroid dienone is 2. The number of hydrogen-bond donors (Lipinski definition) is 8. The Kier molecular flexibility index (Phi) is 31.8. The first kappa shape index (κ1) is 99.8. The van der Waals surface area contributed by atoms with Crippen molar-refractivity contribution < 1.29 is 93.8 Å². The van der Waals surface area contributed by atoms with Crippen molar-refractivity contribution >= 4 is 134 Å². The van der Waals surface area contributed by atoms with Gasteiger partial charge in [-0.15, -0.1) is 34.0 Å². The molecule has 135 heavy (non-hydrogen) atoms. The Bertz CT molecular complexity index is 5910. The van der Waals surface area contributed by atoms with Gasteiger partial charge < -0.3 is 80.3 Å². The van der Waals surface area contributed by atoms with E-state index >= 15 is 4.79 Å². The predicted molar refractivity (Wildman–Crippen MR) is 512 cm³/mol. The number of carbonyl (C=O) groups is 8. The number of ether oxygens (including phenoxy) is 6. The van der Waals surface area contributed by atoms with Gasteiger partial charge in [0.25, 0.3) is 20.0 Å². The largest absolute Gasteiger partial charge is 0.497 e. The number of thiophene rings is 1. The number of likely N-dealkylation sites (N-methyl/N-ethyl adjacent to an activating group) is 2. The zero-order valence-electron chi connectivity index (χ0n) is 77.7. The van der Waals surface area contributed by atoms with Gasteiger partial charge in [0.05, 0.1) is 62.8 Å². The number of carboxylic acids is 2. The van der Waals surface area contributed by atoms with Gasteiger partial charge in [-0.25, -0.2) is 60.9 Å². The number of amides is 6. The molecule has 0 spiro atoms. The number of fused-ring (bicyclic) bond motifs is 6. The van der Waals surface area contributed by atoms with Crippen LogP contribution >= 0.6 is 34.0 Å². The van der Waals surface area contributed by atoms with E-state index in [2.05, 4.69) is 36.9 Å². The second kappa shape index (κ2) is 43.0. The van der Waals surface area contributed by atoms with Crippen LogP contribution in [-0.2, 0) is 58.3 Å². The van der Waals surface area contributed by atoms with E-state index in [1.807, 2.05) is 74.9 Å². The Hall–Kier alpha value is -11.2. The van der Waals surface area contributed by atoms with E-state index in [-0.39, 0.29) is 91.9 Å². The smallest absolute Gasteiger partial charge is 0.408 e. The number of benzene rings is 2. The lowest BCUT2D eigenvalue weighted by molar-refractivity contribution is -0.146. The van der Waals surface area contributed by atoms with E-state index < -0.39 is 145 Å². The molecule has 8 N–H and O–H groups in total. The highest BCUT2D eigenvalue weighted by Gasteiger charge is 2.63. The number of anilines is 2. The van der Waals surface area contributed by atoms with Crippen molar-refractivity contribution in [2.45, 2.75) is 251 Å². The van der Waals surface area contributed by atoms with Gasteiger partial charge in [-0.3, -0.25) is 19.2 Å². The number of methoxy groups -OCH3 is 2. The topological polar surface area (TPSA) is 450 Å². The summed E-state index contributed by atoms with van der Waals surface area (Å²) in [6.45, 7) is 13.1. The van der Waals surface area contributed by atoms with Crippen molar-refractivity contribution in [2.24, 2.45) is 23.2 Å². The van der Waals surface area contributed by atoms with E-state index in [1.54, 1.807) is 101 Å². The van der Waals surface area contributed by atoms with Gasteiger partial charge in [0.1, 0.15) is 98.3 Å². The van der Waals surface area contributed by atoms with E-state index in [0.29, 0.717) is 99.7 Å². The molecule has 40 heteroatoms. The molecule has 5 fully saturated rings. The summed E-state index contributed by atoms with van der Waals surface area (Å²) in [5.41, 5.74) is -0.367. The van der Waals surface area contributed by atoms with E-state index in [4.69, 9.17) is 48.4 Å². The minimum Gasteiger partial charge on any atom is -0.497 e. The SMILES string of the molecule is COc1ccc2c(O[C@@H]3C[C@H]4C(=O)N[C@]5(C(=O)O)CC5/C=C\CCCCC[C@H](NC(=O)O[C@H](CN(C)S(=O)(=O)c5ccccn5)C(C)(C)C)C(=O)N4C3)cc(-c3csc(NC(C)C)n3)nc2c1.COc1ccc2c(O[C@@H]3C[C@H]4C(=O)N[C@]5(C(=O)O)CC5/C=C\CCCCC[C@H](NC(=O)O[C@H](CN(C)S(=O)(=O)c5cccs5)C5CCCCC5)C(=O)N4C3)cc(-c3csc(NC(C)C)n3)nc2c1. The molecule has 4 aliphatic heterocycles. The summed E-state index contributed by atoms with van der Waals surface area (Å²) in [5, 5.41) is 46.8. The van der Waals surface area contributed by atoms with Crippen LogP contribution in [0.25, 0.3) is 44.6 Å². The molecule has 3 saturated carbocycles. The number of pyridine rings is 3. The monoisotopic (exact) mass is 1950 g/mol. The van der Waals surface area contributed by atoms with Crippen LogP contribution < -0.4 is 50.8 Å². The van der Waals surface area contributed by atoms with Crippen LogP contribution in [-0.4, -0.2) is 244 Å². The van der Waals surface area contributed by atoms with Crippen molar-refractivity contribution in [2.75, 3.05) is 65.1 Å². The number of carboxylic acid groups (broad SMARTS) is 2. The Morgan fingerprint density at radius 1 is 0.570 bits per heavy atom. The van der Waals surface area contributed by atoms with E-state index in [0.717, 1.165) is 77.3 Å². The average Bonchev–Trinajstić information content (AvgIpc) is 1.58. The average molecular weight is 1950 g/mol. The number of aliphatic carboxylic acids is 2. The molecule has 2 aromatic carbocycles. The van der Waals surface area contributed by atoms with Crippen molar-refractivity contribution in [1.82, 2.24) is 64.6 Å². The molecular weight excluding hydrogens is 1830 g/mol. The number of thiazole rings is 2. The first-order chi connectivity index (χ1) is 64.4. The van der Waals surface area contributed by atoms with Gasteiger partial charge in [0.15, 0.2) is 15.3 Å². The first-order valence-corrected chi connectivity index (χ1v) is 51.6. The van der Waals surface area contributed by atoms with Crippen LogP contribution in [0, 0.1) is 23.2 Å². The fraction of sp³-hybridized carbons (Fsp3) is 0.526. The van der Waals surface area contributed by atoms with Gasteiger partial charge in [-0.1, -0.05) is 102 Å². The number of nitrogens with zero attached hydrogens (tertiary/aromatic N) is 9. The van der Waals surface area contributed by atoms with Crippen LogP contribution in [0.4, 0.5) is 19.9 Å². The fourth-order valence-corrected chi connectivity index (χ4v) is 23.1. The summed E-state index contributed by atoms with van der Waals surface area (Å²) in [4.78, 5) is 139. The molecule has 2 saturated heterocycles. The van der Waals surface area contributed by atoms with Crippen LogP contribution in [0.1, 0.15) is 170 Å². The molecule has 10 heterocycles. The fourth-order valence-electron chi connectivity index (χ4n) is 17.9. The summed E-state index contributed by atoms with van der Waals surface area (Å²) in [5.74, 6) is -3.64. The minimum absolute atomic E-state index is 0.00256. The van der Waals surface area contributed by atoms with Crippen LogP contribution in [0.15, 0.2) is 135 Å². The molecule has 2 unspecified atom stereocenters. The molecule has 15 rings (SSSR count).